The molecule has 1 aliphatic rings. The van der Waals surface area contributed by atoms with Crippen LogP contribution in [0.5, 0.6) is 5.75 Å². The van der Waals surface area contributed by atoms with Crippen molar-refractivity contribution >= 4 is 5.69 Å². The van der Waals surface area contributed by atoms with Crippen LogP contribution in [0.2, 0.25) is 0 Å². The number of nitro benzene ring substituents is 1. The van der Waals surface area contributed by atoms with Gasteiger partial charge in [0.25, 0.3) is 5.69 Å². The molecule has 0 saturated heterocycles. The summed E-state index contributed by atoms with van der Waals surface area (Å²) < 4.78 is 10.8. The molecule has 1 aromatic carbocycles. The summed E-state index contributed by atoms with van der Waals surface area (Å²) in [6.45, 7) is 0.787. The number of nitrogens with zero attached hydrogens (tertiary/aromatic N) is 1. The molecule has 2 rings (SSSR count). The van der Waals surface area contributed by atoms with Gasteiger partial charge in [0.05, 0.1) is 31.3 Å². The van der Waals surface area contributed by atoms with Crippen LogP contribution in [0.4, 0.5) is 5.69 Å². The number of hydrogen-bond donors (Lipinski definition) is 1. The van der Waals surface area contributed by atoms with Crippen molar-refractivity contribution in [3.8, 4) is 5.75 Å². The van der Waals surface area contributed by atoms with Crippen LogP contribution in [0.3, 0.4) is 0 Å². The van der Waals surface area contributed by atoms with Gasteiger partial charge in [0.1, 0.15) is 5.75 Å². The third-order valence-corrected chi connectivity index (χ3v) is 3.91. The van der Waals surface area contributed by atoms with E-state index < -0.39 is 4.92 Å². The van der Waals surface area contributed by atoms with Crippen LogP contribution >= 0.6 is 0 Å². The second-order valence-corrected chi connectivity index (χ2v) is 5.71. The van der Waals surface area contributed by atoms with Crippen LogP contribution in [0, 0.1) is 10.1 Å². The topological polar surface area (TPSA) is 87.6 Å². The Morgan fingerprint density at radius 1 is 1.29 bits per heavy atom. The summed E-state index contributed by atoms with van der Waals surface area (Å²) in [5.41, 5.74) is 6.78. The lowest BCUT2D eigenvalue weighted by Crippen LogP contribution is -2.46. The van der Waals surface area contributed by atoms with Gasteiger partial charge in [0, 0.05) is 11.6 Å². The fourth-order valence-corrected chi connectivity index (χ4v) is 2.72. The zero-order valence-electron chi connectivity index (χ0n) is 12.3. The molecule has 1 saturated carbocycles. The van der Waals surface area contributed by atoms with Gasteiger partial charge in [-0.15, -0.1) is 0 Å². The van der Waals surface area contributed by atoms with Gasteiger partial charge in [0.2, 0.25) is 0 Å². The molecule has 1 aliphatic carbocycles. The summed E-state index contributed by atoms with van der Waals surface area (Å²) >= 11 is 0. The van der Waals surface area contributed by atoms with Gasteiger partial charge >= 0.3 is 0 Å². The standard InChI is InChI=1S/C15H22N2O4/c1-20-14-8-12(7-13(9-14)17(18)19)10-21-11-15(16)5-3-2-4-6-15/h7-9H,2-6,10-11,16H2,1H3. The Kier molecular flexibility index (Phi) is 5.14. The Labute approximate surface area is 124 Å². The van der Waals surface area contributed by atoms with Crippen molar-refractivity contribution in [2.45, 2.75) is 44.2 Å². The molecule has 1 aromatic rings. The molecule has 0 aliphatic heterocycles. The molecule has 2 N–H and O–H groups in total. The third kappa shape index (κ3) is 4.41. The monoisotopic (exact) mass is 294 g/mol. The summed E-state index contributed by atoms with van der Waals surface area (Å²) in [4.78, 5) is 10.4. The Hall–Kier alpha value is -1.66. The minimum absolute atomic E-state index is 0.00748. The van der Waals surface area contributed by atoms with Gasteiger partial charge in [-0.3, -0.25) is 10.1 Å². The minimum Gasteiger partial charge on any atom is -0.496 e. The molecular weight excluding hydrogens is 272 g/mol. The summed E-state index contributed by atoms with van der Waals surface area (Å²) in [6.07, 6.45) is 5.48. The largest absolute Gasteiger partial charge is 0.496 e. The van der Waals surface area contributed by atoms with E-state index in [1.807, 2.05) is 0 Å². The molecule has 0 amide bonds. The van der Waals surface area contributed by atoms with Crippen molar-refractivity contribution in [3.63, 3.8) is 0 Å². The van der Waals surface area contributed by atoms with Gasteiger partial charge < -0.3 is 15.2 Å². The van der Waals surface area contributed by atoms with Crippen LogP contribution in [-0.4, -0.2) is 24.2 Å². The van der Waals surface area contributed by atoms with Gasteiger partial charge in [-0.25, -0.2) is 0 Å². The molecule has 116 valence electrons. The number of hydrogen-bond acceptors (Lipinski definition) is 5. The predicted molar refractivity (Wildman–Crippen MR) is 79.3 cm³/mol. The first kappa shape index (κ1) is 15.7. The number of non-ortho nitro benzene ring substituents is 1. The van der Waals surface area contributed by atoms with Crippen LogP contribution in [0.15, 0.2) is 18.2 Å². The molecule has 0 atom stereocenters. The van der Waals surface area contributed by atoms with Crippen LogP contribution in [0.25, 0.3) is 0 Å². The normalized spacial score (nSPS) is 17.4. The van der Waals surface area contributed by atoms with E-state index in [-0.39, 0.29) is 11.2 Å². The lowest BCUT2D eigenvalue weighted by molar-refractivity contribution is -0.385. The molecule has 0 unspecified atom stereocenters. The maximum atomic E-state index is 10.9. The van der Waals surface area contributed by atoms with Gasteiger partial charge in [-0.1, -0.05) is 19.3 Å². The highest BCUT2D eigenvalue weighted by molar-refractivity contribution is 5.42. The van der Waals surface area contributed by atoms with Gasteiger partial charge in [-0.05, 0) is 24.5 Å². The number of benzene rings is 1. The highest BCUT2D eigenvalue weighted by Gasteiger charge is 2.27. The van der Waals surface area contributed by atoms with Crippen LogP contribution in [-0.2, 0) is 11.3 Å². The first-order chi connectivity index (χ1) is 10.0. The first-order valence-electron chi connectivity index (χ1n) is 7.21. The van der Waals surface area contributed by atoms with Crippen molar-refractivity contribution in [1.82, 2.24) is 0 Å². The molecule has 0 aromatic heterocycles. The second kappa shape index (κ2) is 6.87. The fraction of sp³-hybridized carbons (Fsp3) is 0.600. The van der Waals surface area contributed by atoms with Gasteiger partial charge in [0.15, 0.2) is 0 Å². The third-order valence-electron chi connectivity index (χ3n) is 3.91. The SMILES string of the molecule is COc1cc(COCC2(N)CCCCC2)cc([N+](=O)[O-])c1. The quantitative estimate of drug-likeness (QED) is 0.644. The molecule has 1 fully saturated rings. The number of methoxy groups -OCH3 is 1. The molecule has 0 spiro atoms. The van der Waals surface area contributed by atoms with E-state index in [1.54, 1.807) is 6.07 Å². The Morgan fingerprint density at radius 3 is 2.62 bits per heavy atom. The molecule has 21 heavy (non-hydrogen) atoms. The zero-order chi connectivity index (χ0) is 15.3. The predicted octanol–water partition coefficient (Wildman–Crippen LogP) is 2.78. The van der Waals surface area contributed by atoms with E-state index in [0.29, 0.717) is 19.0 Å². The van der Waals surface area contributed by atoms with E-state index in [0.717, 1.165) is 31.2 Å². The Morgan fingerprint density at radius 2 is 2.00 bits per heavy atom. The molecule has 0 heterocycles. The Bertz CT molecular complexity index is 498. The number of nitro groups is 1. The summed E-state index contributed by atoms with van der Waals surface area (Å²) in [5.74, 6) is 0.461. The van der Waals surface area contributed by atoms with Crippen molar-refractivity contribution in [2.75, 3.05) is 13.7 Å². The lowest BCUT2D eigenvalue weighted by atomic mass is 9.83. The summed E-state index contributed by atoms with van der Waals surface area (Å²) in [6, 6.07) is 4.65. The number of ether oxygens (including phenoxy) is 2. The highest BCUT2D eigenvalue weighted by atomic mass is 16.6. The van der Waals surface area contributed by atoms with Crippen molar-refractivity contribution < 1.29 is 14.4 Å². The average molecular weight is 294 g/mol. The summed E-state index contributed by atoms with van der Waals surface area (Å²) in [5, 5.41) is 10.9. The van der Waals surface area contributed by atoms with E-state index in [1.165, 1.54) is 25.7 Å². The van der Waals surface area contributed by atoms with E-state index in [2.05, 4.69) is 0 Å². The van der Waals surface area contributed by atoms with Crippen molar-refractivity contribution in [1.29, 1.82) is 0 Å². The maximum absolute atomic E-state index is 10.9. The Balaban J connectivity index is 1.96. The van der Waals surface area contributed by atoms with Crippen molar-refractivity contribution in [3.05, 3.63) is 33.9 Å². The lowest BCUT2D eigenvalue weighted by Gasteiger charge is -2.33. The van der Waals surface area contributed by atoms with E-state index in [9.17, 15) is 10.1 Å². The first-order valence-corrected chi connectivity index (χ1v) is 7.21. The highest BCUT2D eigenvalue weighted by Crippen LogP contribution is 2.27. The second-order valence-electron chi connectivity index (χ2n) is 5.71. The smallest absolute Gasteiger partial charge is 0.273 e. The molecule has 6 heteroatoms. The molecular formula is C15H22N2O4. The number of nitrogens with two attached hydrogens (primary N) is 1. The maximum Gasteiger partial charge on any atom is 0.273 e. The van der Waals surface area contributed by atoms with E-state index in [4.69, 9.17) is 15.2 Å². The van der Waals surface area contributed by atoms with Crippen molar-refractivity contribution in [2.24, 2.45) is 5.73 Å². The zero-order valence-corrected chi connectivity index (χ0v) is 12.3. The molecule has 0 bridgehead atoms. The number of rotatable bonds is 6. The average Bonchev–Trinajstić information content (AvgIpc) is 2.47. The molecule has 6 nitrogen and oxygen atoms in total. The van der Waals surface area contributed by atoms with E-state index >= 15 is 0 Å². The molecule has 0 radical (unpaired) electrons. The van der Waals surface area contributed by atoms with Gasteiger partial charge in [-0.2, -0.15) is 0 Å². The summed E-state index contributed by atoms with van der Waals surface area (Å²) in [7, 11) is 1.49. The fourth-order valence-electron chi connectivity index (χ4n) is 2.72. The van der Waals surface area contributed by atoms with Crippen LogP contribution < -0.4 is 10.5 Å². The van der Waals surface area contributed by atoms with Crippen LogP contribution in [0.1, 0.15) is 37.7 Å². The minimum atomic E-state index is -0.433.